The number of nitrogens with zero attached hydrogens (tertiary/aromatic N) is 2. The first-order valence-corrected chi connectivity index (χ1v) is 9.44. The van der Waals surface area contributed by atoms with Gasteiger partial charge in [0.2, 0.25) is 0 Å². The van der Waals surface area contributed by atoms with Crippen LogP contribution in [0, 0.1) is 6.92 Å². The molecule has 1 N–H and O–H groups in total. The van der Waals surface area contributed by atoms with E-state index in [1.165, 1.54) is 17.3 Å². The van der Waals surface area contributed by atoms with E-state index in [0.717, 1.165) is 23.8 Å². The molecule has 1 saturated heterocycles. The molecule has 1 atom stereocenters. The van der Waals surface area contributed by atoms with Crippen molar-refractivity contribution in [2.45, 2.75) is 38.4 Å². The number of rotatable bonds is 3. The summed E-state index contributed by atoms with van der Waals surface area (Å²) < 4.78 is 0. The Labute approximate surface area is 135 Å². The van der Waals surface area contributed by atoms with E-state index in [1.807, 2.05) is 30.4 Å². The predicted molar refractivity (Wildman–Crippen MR) is 92.5 cm³/mol. The number of halogens is 1. The molecule has 1 aliphatic rings. The van der Waals surface area contributed by atoms with E-state index in [0.29, 0.717) is 10.4 Å². The Morgan fingerprint density at radius 3 is 2.65 bits per heavy atom. The van der Waals surface area contributed by atoms with Crippen molar-refractivity contribution < 1.29 is 0 Å². The van der Waals surface area contributed by atoms with E-state index >= 15 is 0 Å². The molecule has 1 unspecified atom stereocenters. The second-order valence-corrected chi connectivity index (χ2v) is 8.93. The van der Waals surface area contributed by atoms with Crippen LogP contribution in [0.5, 0.6) is 0 Å². The van der Waals surface area contributed by atoms with Crippen LogP contribution in [0.25, 0.3) is 0 Å². The second-order valence-electron chi connectivity index (χ2n) is 6.01. The molecule has 0 spiro atoms. The monoisotopic (exact) mass is 331 g/mol. The molecular formula is C14H22ClN3S2. The van der Waals surface area contributed by atoms with Gasteiger partial charge in [0, 0.05) is 40.0 Å². The van der Waals surface area contributed by atoms with E-state index < -0.39 is 0 Å². The molecule has 1 aliphatic heterocycles. The van der Waals surface area contributed by atoms with E-state index in [2.05, 4.69) is 36.1 Å². The number of nitrogens with one attached hydrogen (secondary N) is 1. The average molecular weight is 332 g/mol. The Kier molecular flexibility index (Phi) is 5.49. The van der Waals surface area contributed by atoms with Crippen LogP contribution in [0.4, 0.5) is 5.82 Å². The Balaban J connectivity index is 2.11. The van der Waals surface area contributed by atoms with Crippen molar-refractivity contribution in [2.24, 2.45) is 0 Å². The summed E-state index contributed by atoms with van der Waals surface area (Å²) in [6, 6.07) is 0. The first-order chi connectivity index (χ1) is 9.38. The summed E-state index contributed by atoms with van der Waals surface area (Å²) in [5, 5.41) is 4.67. The van der Waals surface area contributed by atoms with Crippen molar-refractivity contribution in [1.29, 1.82) is 0 Å². The summed E-state index contributed by atoms with van der Waals surface area (Å²) in [7, 11) is 0. The lowest BCUT2D eigenvalue weighted by Crippen LogP contribution is -2.25. The van der Waals surface area contributed by atoms with Gasteiger partial charge in [0.15, 0.2) is 0 Å². The van der Waals surface area contributed by atoms with Crippen molar-refractivity contribution in [1.82, 2.24) is 9.97 Å². The van der Waals surface area contributed by atoms with Crippen LogP contribution in [0.2, 0.25) is 5.15 Å². The molecule has 0 saturated carbocycles. The van der Waals surface area contributed by atoms with Crippen LogP contribution in [-0.4, -0.2) is 39.0 Å². The summed E-state index contributed by atoms with van der Waals surface area (Å²) in [6.45, 7) is 9.22. The summed E-state index contributed by atoms with van der Waals surface area (Å²) in [4.78, 5) is 9.07. The number of anilines is 1. The van der Waals surface area contributed by atoms with Crippen LogP contribution >= 0.6 is 35.1 Å². The highest BCUT2D eigenvalue weighted by molar-refractivity contribution is 8.06. The molecule has 1 aromatic rings. The predicted octanol–water partition coefficient (Wildman–Crippen LogP) is 4.00. The van der Waals surface area contributed by atoms with Crippen molar-refractivity contribution in [3.63, 3.8) is 0 Å². The van der Waals surface area contributed by atoms with Gasteiger partial charge in [-0.05, 0) is 6.92 Å². The molecule has 1 fully saturated rings. The Morgan fingerprint density at radius 1 is 1.30 bits per heavy atom. The van der Waals surface area contributed by atoms with Gasteiger partial charge in [-0.3, -0.25) is 0 Å². The van der Waals surface area contributed by atoms with E-state index in [4.69, 9.17) is 11.6 Å². The number of aromatic nitrogens is 2. The molecule has 0 aromatic carbocycles. The zero-order valence-corrected chi connectivity index (χ0v) is 14.9. The highest BCUT2D eigenvalue weighted by Gasteiger charge is 2.21. The highest BCUT2D eigenvalue weighted by atomic mass is 35.5. The number of hydrogen-bond donors (Lipinski definition) is 1. The minimum Gasteiger partial charge on any atom is -0.369 e. The fraction of sp³-hybridized carbons (Fsp3) is 0.714. The molecule has 2 rings (SSSR count). The first-order valence-electron chi connectivity index (χ1n) is 6.86. The van der Waals surface area contributed by atoms with Gasteiger partial charge in [0.1, 0.15) is 16.8 Å². The first kappa shape index (κ1) is 16.2. The zero-order chi connectivity index (χ0) is 14.8. The normalized spacial score (nSPS) is 19.9. The Bertz CT molecular complexity index is 468. The fourth-order valence-electron chi connectivity index (χ4n) is 1.86. The van der Waals surface area contributed by atoms with Gasteiger partial charge >= 0.3 is 0 Å². The molecule has 0 amide bonds. The van der Waals surface area contributed by atoms with Crippen LogP contribution in [0.1, 0.15) is 32.2 Å². The zero-order valence-electron chi connectivity index (χ0n) is 12.5. The fourth-order valence-corrected chi connectivity index (χ4v) is 4.64. The van der Waals surface area contributed by atoms with Crippen LogP contribution in [0.15, 0.2) is 0 Å². The standard InChI is InChI=1S/C14H22ClN3S2/c1-9-11(15)17-13(14(2,3)4)18-12(9)16-7-10-8-19-5-6-20-10/h10H,5-8H2,1-4H3,(H,16,17,18). The van der Waals surface area contributed by atoms with Crippen LogP contribution in [-0.2, 0) is 5.41 Å². The van der Waals surface area contributed by atoms with E-state index in [-0.39, 0.29) is 5.41 Å². The highest BCUT2D eigenvalue weighted by Crippen LogP contribution is 2.28. The summed E-state index contributed by atoms with van der Waals surface area (Å²) in [5.74, 6) is 5.40. The minimum atomic E-state index is -0.0940. The lowest BCUT2D eigenvalue weighted by molar-refractivity contribution is 0.545. The summed E-state index contributed by atoms with van der Waals surface area (Å²) >= 11 is 10.3. The average Bonchev–Trinajstić information content (AvgIpc) is 2.40. The SMILES string of the molecule is Cc1c(Cl)nc(C(C)(C)C)nc1NCC1CSCCS1. The molecular weight excluding hydrogens is 310 g/mol. The summed E-state index contributed by atoms with van der Waals surface area (Å²) in [5.41, 5.74) is 0.844. The molecule has 3 nitrogen and oxygen atoms in total. The maximum absolute atomic E-state index is 6.25. The van der Waals surface area contributed by atoms with Gasteiger partial charge in [-0.25, -0.2) is 9.97 Å². The van der Waals surface area contributed by atoms with Crippen molar-refractivity contribution in [2.75, 3.05) is 29.1 Å². The molecule has 0 aliphatic carbocycles. The number of hydrogen-bond acceptors (Lipinski definition) is 5. The van der Waals surface area contributed by atoms with Gasteiger partial charge < -0.3 is 5.32 Å². The quantitative estimate of drug-likeness (QED) is 0.847. The van der Waals surface area contributed by atoms with Crippen LogP contribution in [0.3, 0.4) is 0 Å². The van der Waals surface area contributed by atoms with Crippen LogP contribution < -0.4 is 5.32 Å². The smallest absolute Gasteiger partial charge is 0.137 e. The largest absolute Gasteiger partial charge is 0.369 e. The van der Waals surface area contributed by atoms with E-state index in [1.54, 1.807) is 0 Å². The maximum atomic E-state index is 6.25. The Hall–Kier alpha value is -0.130. The van der Waals surface area contributed by atoms with Gasteiger partial charge in [0.05, 0.1) is 0 Å². The van der Waals surface area contributed by atoms with Crippen molar-refractivity contribution >= 4 is 40.9 Å². The van der Waals surface area contributed by atoms with Gasteiger partial charge in [-0.2, -0.15) is 23.5 Å². The third-order valence-corrected chi connectivity index (χ3v) is 6.35. The van der Waals surface area contributed by atoms with E-state index in [9.17, 15) is 0 Å². The topological polar surface area (TPSA) is 37.8 Å². The lowest BCUT2D eigenvalue weighted by atomic mass is 9.95. The third kappa shape index (κ3) is 4.18. The van der Waals surface area contributed by atoms with Crippen molar-refractivity contribution in [3.05, 3.63) is 16.5 Å². The molecule has 1 aromatic heterocycles. The summed E-state index contributed by atoms with van der Waals surface area (Å²) in [6.07, 6.45) is 0. The minimum absolute atomic E-state index is 0.0940. The molecule has 0 radical (unpaired) electrons. The van der Waals surface area contributed by atoms with Crippen molar-refractivity contribution in [3.8, 4) is 0 Å². The molecule has 0 bridgehead atoms. The molecule has 6 heteroatoms. The molecule has 2 heterocycles. The second kappa shape index (κ2) is 6.75. The van der Waals surface area contributed by atoms with Gasteiger partial charge in [-0.15, -0.1) is 0 Å². The lowest BCUT2D eigenvalue weighted by Gasteiger charge is -2.23. The molecule has 20 heavy (non-hydrogen) atoms. The Morgan fingerprint density at radius 2 is 2.05 bits per heavy atom. The van der Waals surface area contributed by atoms with Gasteiger partial charge in [-0.1, -0.05) is 32.4 Å². The maximum Gasteiger partial charge on any atom is 0.137 e. The molecule has 112 valence electrons. The third-order valence-electron chi connectivity index (χ3n) is 3.14. The van der Waals surface area contributed by atoms with Gasteiger partial charge in [0.25, 0.3) is 0 Å². The number of thioether (sulfide) groups is 2.